The zero-order chi connectivity index (χ0) is 17.2. The van der Waals surface area contributed by atoms with Gasteiger partial charge >= 0.3 is 0 Å². The van der Waals surface area contributed by atoms with Gasteiger partial charge in [-0.25, -0.2) is 4.68 Å². The Morgan fingerprint density at radius 3 is 2.56 bits per heavy atom. The summed E-state index contributed by atoms with van der Waals surface area (Å²) in [5.41, 5.74) is 12.8. The minimum absolute atomic E-state index is 0.356. The summed E-state index contributed by atoms with van der Waals surface area (Å²) in [5.74, 6) is 1.50. The van der Waals surface area contributed by atoms with Crippen molar-refractivity contribution in [2.45, 2.75) is 11.2 Å². The summed E-state index contributed by atoms with van der Waals surface area (Å²) >= 11 is 1.51. The van der Waals surface area contributed by atoms with Crippen LogP contribution in [0.4, 0.5) is 0 Å². The van der Waals surface area contributed by atoms with E-state index in [-0.39, 0.29) is 6.04 Å². The van der Waals surface area contributed by atoms with Crippen LogP contribution in [0, 0.1) is 0 Å². The van der Waals surface area contributed by atoms with E-state index in [0.717, 1.165) is 27.7 Å². The van der Waals surface area contributed by atoms with Crippen molar-refractivity contribution in [3.8, 4) is 5.75 Å². The Morgan fingerprint density at radius 1 is 1.08 bits per heavy atom. The van der Waals surface area contributed by atoms with Gasteiger partial charge in [-0.05, 0) is 29.8 Å². The van der Waals surface area contributed by atoms with Gasteiger partial charge in [-0.3, -0.25) is 5.43 Å². The van der Waals surface area contributed by atoms with E-state index in [1.54, 1.807) is 7.11 Å². The number of aromatic nitrogens is 3. The van der Waals surface area contributed by atoms with E-state index in [1.165, 1.54) is 11.8 Å². The molecule has 1 aliphatic heterocycles. The summed E-state index contributed by atoms with van der Waals surface area (Å²) in [6, 6.07) is 17.4. The van der Waals surface area contributed by atoms with Crippen LogP contribution in [0.1, 0.15) is 23.0 Å². The van der Waals surface area contributed by atoms with Crippen molar-refractivity contribution in [2.75, 3.05) is 12.5 Å². The monoisotopic (exact) mass is 351 g/mol. The fourth-order valence-corrected chi connectivity index (χ4v) is 3.38. The molecule has 0 amide bonds. The lowest BCUT2D eigenvalue weighted by molar-refractivity contribution is 0.415. The summed E-state index contributed by atoms with van der Waals surface area (Å²) in [6.45, 7) is 0. The lowest BCUT2D eigenvalue weighted by Gasteiger charge is -2.21. The molecule has 0 unspecified atom stereocenters. The molecule has 3 N–H and O–H groups in total. The first-order valence-corrected chi connectivity index (χ1v) is 8.68. The van der Waals surface area contributed by atoms with E-state index in [9.17, 15) is 0 Å². The van der Waals surface area contributed by atoms with Crippen LogP contribution in [0.5, 0.6) is 5.75 Å². The van der Waals surface area contributed by atoms with Gasteiger partial charge in [0.05, 0.1) is 18.8 Å². The van der Waals surface area contributed by atoms with E-state index in [0.29, 0.717) is 5.82 Å². The molecule has 0 spiro atoms. The molecule has 7 heteroatoms. The fourth-order valence-electron chi connectivity index (χ4n) is 2.64. The third kappa shape index (κ3) is 2.99. The second-order valence-electron chi connectivity index (χ2n) is 5.55. The highest BCUT2D eigenvalue weighted by Crippen LogP contribution is 2.31. The zero-order valence-electron chi connectivity index (χ0n) is 13.6. The quantitative estimate of drug-likeness (QED) is 0.752. The van der Waals surface area contributed by atoms with Gasteiger partial charge in [-0.1, -0.05) is 42.1 Å². The van der Waals surface area contributed by atoms with E-state index in [4.69, 9.17) is 10.5 Å². The lowest BCUT2D eigenvalue weighted by atomic mass is 10.1. The molecule has 3 aromatic rings. The molecule has 0 aliphatic carbocycles. The number of thioether (sulfide) groups is 1. The molecule has 1 aliphatic rings. The van der Waals surface area contributed by atoms with Gasteiger partial charge in [0, 0.05) is 11.0 Å². The fraction of sp³-hybridized carbons (Fsp3) is 0.111. The molecule has 25 heavy (non-hydrogen) atoms. The number of nitrogens with zero attached hydrogens (tertiary/aromatic N) is 3. The minimum atomic E-state index is -0.356. The normalized spacial score (nSPS) is 14.2. The van der Waals surface area contributed by atoms with E-state index in [2.05, 4.69) is 15.6 Å². The van der Waals surface area contributed by atoms with Crippen LogP contribution in [0.25, 0.3) is 5.70 Å². The number of ether oxygens (including phenoxy) is 1. The smallest absolute Gasteiger partial charge is 0.214 e. The number of hydrogen-bond donors (Lipinski definition) is 2. The molecule has 1 atom stereocenters. The summed E-state index contributed by atoms with van der Waals surface area (Å²) in [7, 11) is 1.66. The predicted octanol–water partition coefficient (Wildman–Crippen LogP) is 2.98. The average Bonchev–Trinajstić information content (AvgIpc) is 3.11. The number of nitrogens with one attached hydrogen (secondary N) is 1. The molecule has 0 bridgehead atoms. The van der Waals surface area contributed by atoms with E-state index < -0.39 is 0 Å². The Labute approximate surface area is 149 Å². The molecule has 4 rings (SSSR count). The van der Waals surface area contributed by atoms with Gasteiger partial charge in [0.25, 0.3) is 0 Å². The first-order chi connectivity index (χ1) is 12.3. The number of hydrogen-bond acceptors (Lipinski definition) is 6. The number of fused-ring (bicyclic) bond motifs is 1. The third-order valence-corrected chi connectivity index (χ3v) is 4.84. The molecular formula is C18H17N5OS. The van der Waals surface area contributed by atoms with Gasteiger partial charge in [0.15, 0.2) is 5.82 Å². The topological polar surface area (TPSA) is 78.0 Å². The van der Waals surface area contributed by atoms with Gasteiger partial charge in [-0.15, -0.1) is 10.2 Å². The van der Waals surface area contributed by atoms with Crippen LogP contribution in [0.15, 0.2) is 65.2 Å². The van der Waals surface area contributed by atoms with Crippen LogP contribution in [0.2, 0.25) is 0 Å². The molecule has 126 valence electrons. The maximum absolute atomic E-state index is 6.40. The van der Waals surface area contributed by atoms with Crippen LogP contribution in [-0.2, 0) is 0 Å². The summed E-state index contributed by atoms with van der Waals surface area (Å²) in [6.07, 6.45) is 0. The highest BCUT2D eigenvalue weighted by Gasteiger charge is 2.23. The SMILES string of the molecule is COc1ccc(C2=CSc3nnc([C@H](N)c4ccccc4)n3N2)cc1. The Bertz CT molecular complexity index is 905. The summed E-state index contributed by atoms with van der Waals surface area (Å²) < 4.78 is 7.06. The highest BCUT2D eigenvalue weighted by atomic mass is 32.2. The molecule has 0 fully saturated rings. The molecule has 0 radical (unpaired) electrons. The second kappa shape index (κ2) is 6.62. The lowest BCUT2D eigenvalue weighted by Crippen LogP contribution is -2.25. The molecular weight excluding hydrogens is 334 g/mol. The second-order valence-corrected chi connectivity index (χ2v) is 6.39. The van der Waals surface area contributed by atoms with Crippen molar-refractivity contribution >= 4 is 17.5 Å². The Balaban J connectivity index is 1.63. The van der Waals surface area contributed by atoms with E-state index in [1.807, 2.05) is 64.7 Å². The Morgan fingerprint density at radius 2 is 1.84 bits per heavy atom. The summed E-state index contributed by atoms with van der Waals surface area (Å²) in [5, 5.41) is 11.3. The van der Waals surface area contributed by atoms with Gasteiger partial charge in [-0.2, -0.15) is 0 Å². The molecule has 2 heterocycles. The van der Waals surface area contributed by atoms with E-state index >= 15 is 0 Å². The van der Waals surface area contributed by atoms with Crippen molar-refractivity contribution in [1.29, 1.82) is 0 Å². The van der Waals surface area contributed by atoms with Crippen LogP contribution >= 0.6 is 11.8 Å². The first kappa shape index (κ1) is 15.7. The van der Waals surface area contributed by atoms with Crippen molar-refractivity contribution in [3.05, 3.63) is 77.0 Å². The van der Waals surface area contributed by atoms with Crippen molar-refractivity contribution < 1.29 is 4.74 Å². The van der Waals surface area contributed by atoms with Gasteiger partial charge in [0.1, 0.15) is 5.75 Å². The number of rotatable bonds is 4. The average molecular weight is 351 g/mol. The van der Waals surface area contributed by atoms with Crippen LogP contribution in [0.3, 0.4) is 0 Å². The predicted molar refractivity (Wildman–Crippen MR) is 98.7 cm³/mol. The molecule has 1 aromatic heterocycles. The maximum Gasteiger partial charge on any atom is 0.214 e. The van der Waals surface area contributed by atoms with Crippen LogP contribution < -0.4 is 15.9 Å². The van der Waals surface area contributed by atoms with Gasteiger partial charge < -0.3 is 10.5 Å². The molecule has 2 aromatic carbocycles. The largest absolute Gasteiger partial charge is 0.497 e. The number of methoxy groups -OCH3 is 1. The molecule has 0 saturated carbocycles. The minimum Gasteiger partial charge on any atom is -0.497 e. The maximum atomic E-state index is 6.40. The molecule has 0 saturated heterocycles. The Kier molecular flexibility index (Phi) is 4.17. The van der Waals surface area contributed by atoms with Crippen molar-refractivity contribution in [2.24, 2.45) is 5.73 Å². The standard InChI is InChI=1S/C18H17N5OS/c1-24-14-9-7-12(8-10-14)15-11-25-18-21-20-17(23(18)22-15)16(19)13-5-3-2-4-6-13/h2-11,16,22H,19H2,1H3/t16-/m1/s1. The molecule has 6 nitrogen and oxygen atoms in total. The first-order valence-electron chi connectivity index (χ1n) is 7.80. The van der Waals surface area contributed by atoms with Crippen molar-refractivity contribution in [3.63, 3.8) is 0 Å². The van der Waals surface area contributed by atoms with Crippen LogP contribution in [-0.4, -0.2) is 22.0 Å². The Hall–Kier alpha value is -2.77. The zero-order valence-corrected chi connectivity index (χ0v) is 14.4. The number of benzene rings is 2. The van der Waals surface area contributed by atoms with Crippen molar-refractivity contribution in [1.82, 2.24) is 14.9 Å². The summed E-state index contributed by atoms with van der Waals surface area (Å²) in [4.78, 5) is 0. The number of nitrogens with two attached hydrogens (primary N) is 1. The third-order valence-electron chi connectivity index (χ3n) is 4.01. The van der Waals surface area contributed by atoms with Gasteiger partial charge in [0.2, 0.25) is 5.16 Å². The highest BCUT2D eigenvalue weighted by molar-refractivity contribution is 8.02.